The highest BCUT2D eigenvalue weighted by Crippen LogP contribution is 2.45. The number of hydrogen-bond donors (Lipinski definition) is 1. The summed E-state index contributed by atoms with van der Waals surface area (Å²) in [7, 11) is 0. The van der Waals surface area contributed by atoms with Crippen molar-refractivity contribution in [1.29, 1.82) is 0 Å². The molecule has 1 amide bonds. The van der Waals surface area contributed by atoms with Crippen LogP contribution < -0.4 is 5.32 Å². The van der Waals surface area contributed by atoms with E-state index in [2.05, 4.69) is 12.2 Å². The van der Waals surface area contributed by atoms with Crippen LogP contribution in [0.1, 0.15) is 30.5 Å². The van der Waals surface area contributed by atoms with E-state index >= 15 is 0 Å². The van der Waals surface area contributed by atoms with Crippen LogP contribution >= 0.6 is 23.2 Å². The van der Waals surface area contributed by atoms with E-state index in [0.717, 1.165) is 11.1 Å². The predicted octanol–water partition coefficient (Wildman–Crippen LogP) is 4.51. The molecule has 1 N–H and O–H groups in total. The topological polar surface area (TPSA) is 29.1 Å². The van der Waals surface area contributed by atoms with Crippen LogP contribution in [0.15, 0.2) is 48.5 Å². The van der Waals surface area contributed by atoms with E-state index in [-0.39, 0.29) is 17.4 Å². The first-order chi connectivity index (χ1) is 10.0. The summed E-state index contributed by atoms with van der Waals surface area (Å²) in [5.74, 6) is 0.0532. The number of nitrogens with one attached hydrogen (secondary N) is 1. The molecular weight excluding hydrogens is 305 g/mol. The molecule has 2 atom stereocenters. The minimum Gasteiger partial charge on any atom is -0.348 e. The summed E-state index contributed by atoms with van der Waals surface area (Å²) in [4.78, 5) is 12.0. The second-order valence-electron chi connectivity index (χ2n) is 5.63. The molecular formula is C17H15Cl2NO. The van der Waals surface area contributed by atoms with Crippen molar-refractivity contribution in [2.75, 3.05) is 0 Å². The molecule has 0 bridgehead atoms. The summed E-state index contributed by atoms with van der Waals surface area (Å²) in [5.41, 5.74) is 1.77. The van der Waals surface area contributed by atoms with Gasteiger partial charge in [-0.1, -0.05) is 66.5 Å². The van der Waals surface area contributed by atoms with Gasteiger partial charge in [0.25, 0.3) is 0 Å². The molecule has 1 fully saturated rings. The van der Waals surface area contributed by atoms with Gasteiger partial charge in [0.05, 0.1) is 16.1 Å². The molecule has 1 aliphatic heterocycles. The van der Waals surface area contributed by atoms with E-state index in [4.69, 9.17) is 23.2 Å². The smallest absolute Gasteiger partial charge is 0.221 e. The molecule has 0 spiro atoms. The number of amides is 1. The number of carbonyl (C=O) groups is 1. The highest BCUT2D eigenvalue weighted by atomic mass is 35.5. The van der Waals surface area contributed by atoms with Crippen molar-refractivity contribution in [2.45, 2.75) is 24.8 Å². The van der Waals surface area contributed by atoms with E-state index in [0.29, 0.717) is 16.5 Å². The van der Waals surface area contributed by atoms with Gasteiger partial charge in [0.15, 0.2) is 0 Å². The summed E-state index contributed by atoms with van der Waals surface area (Å²) in [5, 5.41) is 4.12. The fourth-order valence-corrected chi connectivity index (χ4v) is 3.32. The highest BCUT2D eigenvalue weighted by molar-refractivity contribution is 6.42. The molecule has 108 valence electrons. The van der Waals surface area contributed by atoms with E-state index in [1.54, 1.807) is 6.07 Å². The molecule has 2 nitrogen and oxygen atoms in total. The molecule has 1 saturated heterocycles. The molecule has 1 heterocycles. The van der Waals surface area contributed by atoms with Crippen LogP contribution in [0.3, 0.4) is 0 Å². The Morgan fingerprint density at radius 3 is 2.48 bits per heavy atom. The van der Waals surface area contributed by atoms with Gasteiger partial charge in [-0.25, -0.2) is 0 Å². The zero-order valence-corrected chi connectivity index (χ0v) is 13.1. The molecule has 0 saturated carbocycles. The first-order valence-corrected chi connectivity index (χ1v) is 7.56. The van der Waals surface area contributed by atoms with Crippen molar-refractivity contribution < 1.29 is 4.79 Å². The van der Waals surface area contributed by atoms with Crippen LogP contribution in [0.4, 0.5) is 0 Å². The lowest BCUT2D eigenvalue weighted by molar-refractivity contribution is -0.119. The Balaban J connectivity index is 2.08. The molecule has 0 radical (unpaired) electrons. The predicted molar refractivity (Wildman–Crippen MR) is 85.8 cm³/mol. The number of carbonyl (C=O) groups excluding carboxylic acids is 1. The van der Waals surface area contributed by atoms with Gasteiger partial charge < -0.3 is 5.32 Å². The standard InChI is InChI=1S/C17H15Cl2NO/c1-17(12-7-8-13(18)14(19)9-12)10-15(21)20-16(17)11-5-3-2-4-6-11/h2-9,16H,10H2,1H3,(H,20,21). The van der Waals surface area contributed by atoms with Crippen LogP contribution in [0.5, 0.6) is 0 Å². The van der Waals surface area contributed by atoms with Gasteiger partial charge >= 0.3 is 0 Å². The monoisotopic (exact) mass is 319 g/mol. The maximum atomic E-state index is 12.0. The molecule has 21 heavy (non-hydrogen) atoms. The van der Waals surface area contributed by atoms with Gasteiger partial charge in [-0.05, 0) is 23.3 Å². The molecule has 2 aromatic rings. The van der Waals surface area contributed by atoms with Gasteiger partial charge in [0, 0.05) is 11.8 Å². The van der Waals surface area contributed by atoms with Crippen molar-refractivity contribution in [2.24, 2.45) is 0 Å². The SMILES string of the molecule is CC1(c2ccc(Cl)c(Cl)c2)CC(=O)NC1c1ccccc1. The maximum Gasteiger partial charge on any atom is 0.221 e. The third-order valence-corrected chi connectivity index (χ3v) is 4.92. The van der Waals surface area contributed by atoms with E-state index in [1.807, 2.05) is 42.5 Å². The van der Waals surface area contributed by atoms with E-state index in [1.165, 1.54) is 0 Å². The summed E-state index contributed by atoms with van der Waals surface area (Å²) in [6.45, 7) is 2.09. The van der Waals surface area contributed by atoms with Crippen molar-refractivity contribution in [1.82, 2.24) is 5.32 Å². The van der Waals surface area contributed by atoms with E-state index < -0.39 is 0 Å². The molecule has 3 rings (SSSR count). The van der Waals surface area contributed by atoms with Gasteiger partial charge in [0.2, 0.25) is 5.91 Å². The highest BCUT2D eigenvalue weighted by Gasteiger charge is 2.45. The van der Waals surface area contributed by atoms with Crippen LogP contribution in [0.2, 0.25) is 10.0 Å². The lowest BCUT2D eigenvalue weighted by Gasteiger charge is -2.31. The molecule has 0 aliphatic carbocycles. The lowest BCUT2D eigenvalue weighted by atomic mass is 9.73. The van der Waals surface area contributed by atoms with Crippen LogP contribution in [-0.4, -0.2) is 5.91 Å². The molecule has 4 heteroatoms. The fourth-order valence-electron chi connectivity index (χ4n) is 3.02. The second kappa shape index (κ2) is 5.36. The summed E-state index contributed by atoms with van der Waals surface area (Å²) in [6.07, 6.45) is 0.435. The zero-order chi connectivity index (χ0) is 15.0. The quantitative estimate of drug-likeness (QED) is 0.866. The Morgan fingerprint density at radius 1 is 1.10 bits per heavy atom. The number of rotatable bonds is 2. The lowest BCUT2D eigenvalue weighted by Crippen LogP contribution is -2.30. The first kappa shape index (κ1) is 14.4. The number of halogens is 2. The van der Waals surface area contributed by atoms with Crippen molar-refractivity contribution in [3.63, 3.8) is 0 Å². The first-order valence-electron chi connectivity index (χ1n) is 6.80. The molecule has 0 aromatic heterocycles. The van der Waals surface area contributed by atoms with Crippen LogP contribution in [0.25, 0.3) is 0 Å². The van der Waals surface area contributed by atoms with Gasteiger partial charge in [0.1, 0.15) is 0 Å². The number of benzene rings is 2. The Bertz CT molecular complexity index is 686. The largest absolute Gasteiger partial charge is 0.348 e. The fraction of sp³-hybridized carbons (Fsp3) is 0.235. The normalized spacial score (nSPS) is 24.9. The Labute approximate surface area is 134 Å². The Kier molecular flexibility index (Phi) is 3.68. The van der Waals surface area contributed by atoms with Gasteiger partial charge in [-0.15, -0.1) is 0 Å². The zero-order valence-electron chi connectivity index (χ0n) is 11.6. The number of hydrogen-bond acceptors (Lipinski definition) is 1. The average Bonchev–Trinajstić information content (AvgIpc) is 2.79. The van der Waals surface area contributed by atoms with Crippen LogP contribution in [-0.2, 0) is 10.2 Å². The summed E-state index contributed by atoms with van der Waals surface area (Å²) in [6, 6.07) is 15.5. The van der Waals surface area contributed by atoms with Crippen LogP contribution in [0, 0.1) is 0 Å². The third-order valence-electron chi connectivity index (χ3n) is 4.18. The second-order valence-corrected chi connectivity index (χ2v) is 6.45. The third kappa shape index (κ3) is 2.54. The van der Waals surface area contributed by atoms with Gasteiger partial charge in [-0.3, -0.25) is 4.79 Å². The molecule has 1 aliphatic rings. The van der Waals surface area contributed by atoms with Crippen molar-refractivity contribution in [3.05, 3.63) is 69.7 Å². The molecule has 2 aromatic carbocycles. The average molecular weight is 320 g/mol. The van der Waals surface area contributed by atoms with Crippen molar-refractivity contribution >= 4 is 29.1 Å². The summed E-state index contributed by atoms with van der Waals surface area (Å²) < 4.78 is 0. The van der Waals surface area contributed by atoms with E-state index in [9.17, 15) is 4.79 Å². The summed E-state index contributed by atoms with van der Waals surface area (Å²) >= 11 is 12.1. The maximum absolute atomic E-state index is 12.0. The molecule has 2 unspecified atom stereocenters. The minimum atomic E-state index is -0.341. The van der Waals surface area contributed by atoms with Crippen molar-refractivity contribution in [3.8, 4) is 0 Å². The Hall–Kier alpha value is -1.51. The van der Waals surface area contributed by atoms with Gasteiger partial charge in [-0.2, -0.15) is 0 Å². The Morgan fingerprint density at radius 2 is 1.81 bits per heavy atom. The minimum absolute atomic E-state index is 0.0532.